The molecule has 1 amide bonds. The van der Waals surface area contributed by atoms with Gasteiger partial charge >= 0.3 is 6.61 Å². The van der Waals surface area contributed by atoms with Gasteiger partial charge in [-0.15, -0.1) is 0 Å². The molecule has 2 aromatic carbocycles. The van der Waals surface area contributed by atoms with E-state index in [-0.39, 0.29) is 11.7 Å². The summed E-state index contributed by atoms with van der Waals surface area (Å²) >= 11 is 0. The lowest BCUT2D eigenvalue weighted by atomic mass is 10.2. The second-order valence-corrected chi connectivity index (χ2v) is 5.10. The Hall–Kier alpha value is -3.09. The number of hydrogen-bond donors (Lipinski definition) is 1. The van der Waals surface area contributed by atoms with Crippen molar-refractivity contribution in [1.82, 2.24) is 5.32 Å². The lowest BCUT2D eigenvalue weighted by Crippen LogP contribution is -2.26. The van der Waals surface area contributed by atoms with Gasteiger partial charge in [-0.1, -0.05) is 18.2 Å². The molecule has 0 fully saturated rings. The number of methoxy groups -OCH3 is 1. The zero-order chi connectivity index (χ0) is 18.8. The fraction of sp³-hybridized carbons (Fsp3) is 0.211. The molecule has 7 heteroatoms. The summed E-state index contributed by atoms with van der Waals surface area (Å²) in [4.78, 5) is 11.7. The van der Waals surface area contributed by atoms with Crippen LogP contribution in [0.2, 0.25) is 0 Å². The molecule has 138 valence electrons. The van der Waals surface area contributed by atoms with Crippen LogP contribution >= 0.6 is 0 Å². The maximum atomic E-state index is 12.1. The van der Waals surface area contributed by atoms with Crippen LogP contribution in [0.4, 0.5) is 8.78 Å². The van der Waals surface area contributed by atoms with Gasteiger partial charge in [0.05, 0.1) is 13.7 Å². The van der Waals surface area contributed by atoms with Gasteiger partial charge in [0.15, 0.2) is 0 Å². The Balaban J connectivity index is 1.71. The van der Waals surface area contributed by atoms with E-state index in [1.807, 2.05) is 12.1 Å². The number of nitrogens with one attached hydrogen (secondary N) is 1. The van der Waals surface area contributed by atoms with E-state index in [4.69, 9.17) is 9.47 Å². The largest absolute Gasteiger partial charge is 0.497 e. The minimum absolute atomic E-state index is 0.0660. The molecular weight excluding hydrogens is 344 g/mol. The molecule has 0 aliphatic carbocycles. The Kier molecular flexibility index (Phi) is 7.42. The molecule has 0 aliphatic rings. The lowest BCUT2D eigenvalue weighted by Gasteiger charge is -2.08. The van der Waals surface area contributed by atoms with Crippen molar-refractivity contribution in [3.8, 4) is 17.2 Å². The van der Waals surface area contributed by atoms with Crippen molar-refractivity contribution >= 4 is 12.0 Å². The van der Waals surface area contributed by atoms with Gasteiger partial charge < -0.3 is 19.5 Å². The number of benzene rings is 2. The normalized spacial score (nSPS) is 10.8. The van der Waals surface area contributed by atoms with Gasteiger partial charge in [-0.2, -0.15) is 8.78 Å². The van der Waals surface area contributed by atoms with Gasteiger partial charge in [0.25, 0.3) is 0 Å². The summed E-state index contributed by atoms with van der Waals surface area (Å²) in [7, 11) is 1.57. The van der Waals surface area contributed by atoms with Gasteiger partial charge in [0.2, 0.25) is 5.91 Å². The first-order chi connectivity index (χ1) is 12.6. The molecule has 2 rings (SSSR count). The highest BCUT2D eigenvalue weighted by molar-refractivity contribution is 5.91. The van der Waals surface area contributed by atoms with Crippen LogP contribution < -0.4 is 19.5 Å². The first kappa shape index (κ1) is 19.2. The molecule has 0 unspecified atom stereocenters. The second kappa shape index (κ2) is 10.0. The molecular formula is C19H19F2NO4. The molecule has 0 spiro atoms. The highest BCUT2D eigenvalue weighted by Gasteiger charge is 2.03. The third-order valence-corrected chi connectivity index (χ3v) is 3.24. The number of alkyl halides is 2. The summed E-state index contributed by atoms with van der Waals surface area (Å²) in [5.74, 6) is 1.13. The summed E-state index contributed by atoms with van der Waals surface area (Å²) in [5, 5.41) is 2.68. The number of hydrogen-bond acceptors (Lipinski definition) is 4. The van der Waals surface area contributed by atoms with Gasteiger partial charge in [0, 0.05) is 12.1 Å². The topological polar surface area (TPSA) is 56.8 Å². The quantitative estimate of drug-likeness (QED) is 0.547. The van der Waals surface area contributed by atoms with Crippen LogP contribution in [0.1, 0.15) is 5.56 Å². The molecule has 0 aromatic heterocycles. The van der Waals surface area contributed by atoms with E-state index in [2.05, 4.69) is 10.1 Å². The molecule has 26 heavy (non-hydrogen) atoms. The Morgan fingerprint density at radius 1 is 1.12 bits per heavy atom. The van der Waals surface area contributed by atoms with Gasteiger partial charge in [-0.3, -0.25) is 4.79 Å². The van der Waals surface area contributed by atoms with Crippen LogP contribution in [0.5, 0.6) is 17.2 Å². The molecule has 0 heterocycles. The van der Waals surface area contributed by atoms with Crippen LogP contribution in [0.25, 0.3) is 6.08 Å². The van der Waals surface area contributed by atoms with Gasteiger partial charge in [-0.05, 0) is 35.9 Å². The zero-order valence-corrected chi connectivity index (χ0v) is 14.2. The van der Waals surface area contributed by atoms with Crippen molar-refractivity contribution in [2.24, 2.45) is 0 Å². The first-order valence-corrected chi connectivity index (χ1v) is 7.84. The Labute approximate surface area is 150 Å². The molecule has 0 saturated carbocycles. The fourth-order valence-corrected chi connectivity index (χ4v) is 2.03. The molecule has 0 aliphatic heterocycles. The predicted octanol–water partition coefficient (Wildman–Crippen LogP) is 3.51. The van der Waals surface area contributed by atoms with E-state index < -0.39 is 6.61 Å². The Bertz CT molecular complexity index is 733. The van der Waals surface area contributed by atoms with E-state index in [9.17, 15) is 13.6 Å². The lowest BCUT2D eigenvalue weighted by molar-refractivity contribution is -0.116. The van der Waals surface area contributed by atoms with E-state index in [1.54, 1.807) is 37.5 Å². The number of carbonyl (C=O) groups is 1. The third-order valence-electron chi connectivity index (χ3n) is 3.24. The van der Waals surface area contributed by atoms with Crippen molar-refractivity contribution in [3.63, 3.8) is 0 Å². The summed E-state index contributed by atoms with van der Waals surface area (Å²) in [6, 6.07) is 13.1. The molecule has 0 atom stereocenters. The Morgan fingerprint density at radius 2 is 1.85 bits per heavy atom. The summed E-state index contributed by atoms with van der Waals surface area (Å²) in [6.07, 6.45) is 2.93. The van der Waals surface area contributed by atoms with E-state index in [0.29, 0.717) is 30.2 Å². The minimum Gasteiger partial charge on any atom is -0.497 e. The predicted molar refractivity (Wildman–Crippen MR) is 93.6 cm³/mol. The van der Waals surface area contributed by atoms with Crippen molar-refractivity contribution < 1.29 is 27.8 Å². The highest BCUT2D eigenvalue weighted by Crippen LogP contribution is 2.18. The van der Waals surface area contributed by atoms with Crippen LogP contribution in [-0.4, -0.2) is 32.8 Å². The molecule has 0 radical (unpaired) electrons. The average Bonchev–Trinajstić information content (AvgIpc) is 2.64. The minimum atomic E-state index is -2.86. The highest BCUT2D eigenvalue weighted by atomic mass is 19.3. The third kappa shape index (κ3) is 6.80. The Morgan fingerprint density at radius 3 is 2.54 bits per heavy atom. The molecule has 0 saturated heterocycles. The van der Waals surface area contributed by atoms with Gasteiger partial charge in [0.1, 0.15) is 23.9 Å². The summed E-state index contributed by atoms with van der Waals surface area (Å²) in [6.45, 7) is -2.21. The van der Waals surface area contributed by atoms with Crippen molar-refractivity contribution in [3.05, 3.63) is 60.2 Å². The van der Waals surface area contributed by atoms with Crippen molar-refractivity contribution in [2.45, 2.75) is 6.61 Å². The van der Waals surface area contributed by atoms with Crippen molar-refractivity contribution in [2.75, 3.05) is 20.3 Å². The van der Waals surface area contributed by atoms with E-state index >= 15 is 0 Å². The van der Waals surface area contributed by atoms with Crippen LogP contribution in [0.15, 0.2) is 54.6 Å². The molecule has 2 aromatic rings. The molecule has 0 bridgehead atoms. The van der Waals surface area contributed by atoms with E-state index in [1.165, 1.54) is 18.2 Å². The SMILES string of the molecule is COc1cccc(OCCNC(=O)/C=C/c2ccc(OC(F)F)cc2)c1. The maximum absolute atomic E-state index is 12.1. The van der Waals surface area contributed by atoms with Crippen molar-refractivity contribution in [1.29, 1.82) is 0 Å². The van der Waals surface area contributed by atoms with Gasteiger partial charge in [-0.25, -0.2) is 0 Å². The number of ether oxygens (including phenoxy) is 3. The van der Waals surface area contributed by atoms with Crippen LogP contribution in [0, 0.1) is 0 Å². The smallest absolute Gasteiger partial charge is 0.387 e. The van der Waals surface area contributed by atoms with Crippen LogP contribution in [0.3, 0.4) is 0 Å². The molecule has 1 N–H and O–H groups in total. The molecule has 5 nitrogen and oxygen atoms in total. The first-order valence-electron chi connectivity index (χ1n) is 7.84. The standard InChI is InChI=1S/C19H19F2NO4/c1-24-16-3-2-4-17(13-16)25-12-11-22-18(23)10-7-14-5-8-15(9-6-14)26-19(20)21/h2-10,13,19H,11-12H2,1H3,(H,22,23)/b10-7+. The average molecular weight is 363 g/mol. The summed E-state index contributed by atoms with van der Waals surface area (Å²) in [5.41, 5.74) is 0.689. The number of amides is 1. The zero-order valence-electron chi connectivity index (χ0n) is 14.2. The second-order valence-electron chi connectivity index (χ2n) is 5.10. The number of rotatable bonds is 9. The maximum Gasteiger partial charge on any atom is 0.387 e. The number of carbonyl (C=O) groups excluding carboxylic acids is 1. The fourth-order valence-electron chi connectivity index (χ4n) is 2.03. The van der Waals surface area contributed by atoms with E-state index in [0.717, 1.165) is 0 Å². The monoisotopic (exact) mass is 363 g/mol. The number of halogens is 2. The van der Waals surface area contributed by atoms with Crippen LogP contribution in [-0.2, 0) is 4.79 Å². The summed E-state index contributed by atoms with van der Waals surface area (Å²) < 4.78 is 39.0.